The van der Waals surface area contributed by atoms with Gasteiger partial charge >= 0.3 is 0 Å². The largest absolute Gasteiger partial charge is 0.343 e. The van der Waals surface area contributed by atoms with Gasteiger partial charge in [0.1, 0.15) is 11.2 Å². The van der Waals surface area contributed by atoms with Crippen LogP contribution >= 0.6 is 11.8 Å². The van der Waals surface area contributed by atoms with Crippen LogP contribution in [0, 0.1) is 5.82 Å². The lowest BCUT2D eigenvalue weighted by Crippen LogP contribution is -2.36. The highest BCUT2D eigenvalue weighted by Crippen LogP contribution is 2.43. The predicted molar refractivity (Wildman–Crippen MR) is 88.3 cm³/mol. The van der Waals surface area contributed by atoms with Gasteiger partial charge in [0.2, 0.25) is 11.8 Å². The number of thioether (sulfide) groups is 1. The van der Waals surface area contributed by atoms with Crippen molar-refractivity contribution in [1.29, 1.82) is 0 Å². The van der Waals surface area contributed by atoms with Gasteiger partial charge in [0, 0.05) is 31.6 Å². The van der Waals surface area contributed by atoms with Crippen LogP contribution in [0.15, 0.2) is 24.3 Å². The van der Waals surface area contributed by atoms with E-state index in [2.05, 4.69) is 0 Å². The van der Waals surface area contributed by atoms with Crippen LogP contribution in [0.3, 0.4) is 0 Å². The number of carbonyl (C=O) groups is 2. The minimum Gasteiger partial charge on any atom is -0.343 e. The van der Waals surface area contributed by atoms with Crippen molar-refractivity contribution in [3.63, 3.8) is 0 Å². The Morgan fingerprint density at radius 2 is 2.00 bits per heavy atom. The molecule has 2 aliphatic heterocycles. The SMILES string of the molecule is C[C@H]1S[C@H](c2ccccc2F)N(CCC(=O)N2CCCC2)C1=O. The Kier molecular flexibility index (Phi) is 4.90. The zero-order valence-corrected chi connectivity index (χ0v) is 14.0. The molecule has 1 aromatic rings. The quantitative estimate of drug-likeness (QED) is 0.849. The molecule has 0 saturated carbocycles. The van der Waals surface area contributed by atoms with Gasteiger partial charge in [-0.15, -0.1) is 11.8 Å². The number of rotatable bonds is 4. The number of halogens is 1. The van der Waals surface area contributed by atoms with Gasteiger partial charge in [-0.25, -0.2) is 4.39 Å². The molecular formula is C17H21FN2O2S. The first kappa shape index (κ1) is 16.3. The molecule has 4 nitrogen and oxygen atoms in total. The van der Waals surface area contributed by atoms with Crippen LogP contribution in [-0.4, -0.2) is 46.5 Å². The molecule has 0 radical (unpaired) electrons. The smallest absolute Gasteiger partial charge is 0.236 e. The first-order chi connectivity index (χ1) is 11.1. The van der Waals surface area contributed by atoms with Crippen LogP contribution in [0.4, 0.5) is 4.39 Å². The molecule has 2 fully saturated rings. The third kappa shape index (κ3) is 3.37. The van der Waals surface area contributed by atoms with Crippen LogP contribution in [0.1, 0.15) is 37.1 Å². The van der Waals surface area contributed by atoms with Gasteiger partial charge in [0.15, 0.2) is 0 Å². The summed E-state index contributed by atoms with van der Waals surface area (Å²) in [5.74, 6) is -0.229. The molecule has 1 aromatic carbocycles. The number of hydrogen-bond acceptors (Lipinski definition) is 3. The molecule has 0 aromatic heterocycles. The number of nitrogens with zero attached hydrogens (tertiary/aromatic N) is 2. The number of carbonyl (C=O) groups excluding carboxylic acids is 2. The van der Waals surface area contributed by atoms with Crippen molar-refractivity contribution < 1.29 is 14.0 Å². The molecular weight excluding hydrogens is 315 g/mol. The summed E-state index contributed by atoms with van der Waals surface area (Å²) in [6.07, 6.45) is 2.42. The Labute approximate surface area is 140 Å². The summed E-state index contributed by atoms with van der Waals surface area (Å²) in [6.45, 7) is 3.82. The van der Waals surface area contributed by atoms with Crippen molar-refractivity contribution in [2.45, 2.75) is 36.8 Å². The van der Waals surface area contributed by atoms with Gasteiger partial charge in [-0.3, -0.25) is 9.59 Å². The minimum atomic E-state index is -0.343. The van der Waals surface area contributed by atoms with Crippen LogP contribution < -0.4 is 0 Å². The Balaban J connectivity index is 1.71. The van der Waals surface area contributed by atoms with E-state index in [9.17, 15) is 14.0 Å². The van der Waals surface area contributed by atoms with Gasteiger partial charge in [-0.05, 0) is 25.8 Å². The molecule has 0 aliphatic carbocycles. The summed E-state index contributed by atoms with van der Waals surface area (Å²) in [7, 11) is 0. The summed E-state index contributed by atoms with van der Waals surface area (Å²) < 4.78 is 14.1. The first-order valence-corrected chi connectivity index (χ1v) is 9.00. The fourth-order valence-electron chi connectivity index (χ4n) is 3.16. The van der Waals surface area contributed by atoms with Crippen molar-refractivity contribution in [3.05, 3.63) is 35.6 Å². The Morgan fingerprint density at radius 1 is 1.30 bits per heavy atom. The van der Waals surface area contributed by atoms with Gasteiger partial charge < -0.3 is 9.80 Å². The average molecular weight is 336 g/mol. The monoisotopic (exact) mass is 336 g/mol. The Bertz CT molecular complexity index is 604. The van der Waals surface area contributed by atoms with Crippen LogP contribution in [0.2, 0.25) is 0 Å². The fraction of sp³-hybridized carbons (Fsp3) is 0.529. The van der Waals surface area contributed by atoms with E-state index in [0.29, 0.717) is 18.5 Å². The molecule has 2 saturated heterocycles. The first-order valence-electron chi connectivity index (χ1n) is 8.06. The molecule has 2 atom stereocenters. The van der Waals surface area contributed by atoms with E-state index in [0.717, 1.165) is 25.9 Å². The second-order valence-electron chi connectivity index (χ2n) is 6.02. The Hall–Kier alpha value is -1.56. The minimum absolute atomic E-state index is 0.0162. The molecule has 3 rings (SSSR count). The molecule has 2 aliphatic rings. The van der Waals surface area contributed by atoms with E-state index in [1.54, 1.807) is 23.1 Å². The highest BCUT2D eigenvalue weighted by atomic mass is 32.2. The molecule has 2 heterocycles. The van der Waals surface area contributed by atoms with Gasteiger partial charge in [0.25, 0.3) is 0 Å². The van der Waals surface area contributed by atoms with E-state index in [4.69, 9.17) is 0 Å². The summed E-state index contributed by atoms with van der Waals surface area (Å²) in [4.78, 5) is 28.1. The van der Waals surface area contributed by atoms with Crippen LogP contribution in [0.25, 0.3) is 0 Å². The highest BCUT2D eigenvalue weighted by molar-refractivity contribution is 8.01. The highest BCUT2D eigenvalue weighted by Gasteiger charge is 2.39. The van der Waals surface area contributed by atoms with Crippen molar-refractivity contribution in [3.8, 4) is 0 Å². The number of amides is 2. The molecule has 23 heavy (non-hydrogen) atoms. The molecule has 0 unspecified atom stereocenters. The predicted octanol–water partition coefficient (Wildman–Crippen LogP) is 2.80. The summed E-state index contributed by atoms with van der Waals surface area (Å²) in [5, 5.41) is -0.549. The number of likely N-dealkylation sites (tertiary alicyclic amines) is 1. The van der Waals surface area contributed by atoms with Crippen molar-refractivity contribution in [1.82, 2.24) is 9.80 Å². The van der Waals surface area contributed by atoms with Crippen molar-refractivity contribution in [2.75, 3.05) is 19.6 Å². The molecule has 124 valence electrons. The van der Waals surface area contributed by atoms with E-state index in [1.807, 2.05) is 11.8 Å². The van der Waals surface area contributed by atoms with Crippen LogP contribution in [-0.2, 0) is 9.59 Å². The zero-order chi connectivity index (χ0) is 16.4. The van der Waals surface area contributed by atoms with E-state index >= 15 is 0 Å². The van der Waals surface area contributed by atoms with Crippen LogP contribution in [0.5, 0.6) is 0 Å². The standard InChI is InChI=1S/C17H21FN2O2S/c1-12-16(22)20(11-8-15(21)19-9-4-5-10-19)17(23-12)13-6-2-3-7-14(13)18/h2-3,6-7,12,17H,4-5,8-11H2,1H3/t12-,17-/m1/s1. The summed E-state index contributed by atoms with van der Waals surface area (Å²) in [5.41, 5.74) is 0.517. The number of benzene rings is 1. The topological polar surface area (TPSA) is 40.6 Å². The van der Waals surface area contributed by atoms with Gasteiger partial charge in [-0.2, -0.15) is 0 Å². The van der Waals surface area contributed by atoms with E-state index in [-0.39, 0.29) is 28.3 Å². The fourth-order valence-corrected chi connectivity index (χ4v) is 4.49. The lowest BCUT2D eigenvalue weighted by atomic mass is 10.2. The normalized spacial score (nSPS) is 24.5. The molecule has 0 N–H and O–H groups in total. The van der Waals surface area contributed by atoms with E-state index in [1.165, 1.54) is 17.8 Å². The Morgan fingerprint density at radius 3 is 2.70 bits per heavy atom. The lowest BCUT2D eigenvalue weighted by Gasteiger charge is -2.25. The third-order valence-corrected chi connectivity index (χ3v) is 5.82. The second-order valence-corrected chi connectivity index (χ2v) is 7.45. The molecule has 2 amide bonds. The maximum atomic E-state index is 14.1. The van der Waals surface area contributed by atoms with Crippen molar-refractivity contribution in [2.24, 2.45) is 0 Å². The van der Waals surface area contributed by atoms with Crippen molar-refractivity contribution >= 4 is 23.6 Å². The summed E-state index contributed by atoms with van der Waals surface area (Å²) in [6, 6.07) is 6.55. The van der Waals surface area contributed by atoms with Gasteiger partial charge in [-0.1, -0.05) is 18.2 Å². The average Bonchev–Trinajstić information content (AvgIpc) is 3.16. The maximum Gasteiger partial charge on any atom is 0.236 e. The lowest BCUT2D eigenvalue weighted by molar-refractivity contribution is -0.133. The number of hydrogen-bond donors (Lipinski definition) is 0. The van der Waals surface area contributed by atoms with E-state index < -0.39 is 0 Å². The second kappa shape index (κ2) is 6.91. The summed E-state index contributed by atoms with van der Waals surface area (Å²) >= 11 is 1.44. The van der Waals surface area contributed by atoms with Gasteiger partial charge in [0.05, 0.1) is 5.25 Å². The maximum absolute atomic E-state index is 14.1. The third-order valence-electron chi connectivity index (χ3n) is 4.44. The molecule has 0 spiro atoms. The zero-order valence-electron chi connectivity index (χ0n) is 13.2. The molecule has 6 heteroatoms. The molecule has 0 bridgehead atoms.